The first kappa shape index (κ1) is 18.2. The lowest BCUT2D eigenvalue weighted by Crippen LogP contribution is -2.40. The van der Waals surface area contributed by atoms with Gasteiger partial charge in [0.2, 0.25) is 10.0 Å². The van der Waals surface area contributed by atoms with Gasteiger partial charge < -0.3 is 15.6 Å². The second-order valence-electron chi connectivity index (χ2n) is 5.10. The van der Waals surface area contributed by atoms with Crippen molar-refractivity contribution in [1.82, 2.24) is 4.72 Å². The maximum Gasteiger partial charge on any atom is 0.244 e. The summed E-state index contributed by atoms with van der Waals surface area (Å²) in [5.41, 5.74) is 4.91. The molecule has 0 fully saturated rings. The van der Waals surface area contributed by atoms with E-state index >= 15 is 0 Å². The summed E-state index contributed by atoms with van der Waals surface area (Å²) in [5, 5.41) is 10.1. The summed E-state index contributed by atoms with van der Waals surface area (Å²) in [6.07, 6.45) is 1.25. The average molecular weight is 381 g/mol. The fourth-order valence-corrected chi connectivity index (χ4v) is 3.54. The van der Waals surface area contributed by atoms with Gasteiger partial charge in [0, 0.05) is 16.7 Å². The van der Waals surface area contributed by atoms with E-state index in [1.54, 1.807) is 6.92 Å². The van der Waals surface area contributed by atoms with Crippen LogP contribution in [0.4, 0.5) is 5.69 Å². The third kappa shape index (κ3) is 4.84. The SMILES string of the molecule is CCCC(C)(O)CNS(=O)(=O)c1cc(N)c(Br)cc1OC. The molecule has 8 heteroatoms. The van der Waals surface area contributed by atoms with Gasteiger partial charge in [0.1, 0.15) is 10.6 Å². The highest BCUT2D eigenvalue weighted by atomic mass is 79.9. The Morgan fingerprint density at radius 2 is 2.10 bits per heavy atom. The average Bonchev–Trinajstić information content (AvgIpc) is 2.39. The van der Waals surface area contributed by atoms with Gasteiger partial charge in [-0.15, -0.1) is 0 Å². The van der Waals surface area contributed by atoms with Crippen LogP contribution in [0.3, 0.4) is 0 Å². The lowest BCUT2D eigenvalue weighted by molar-refractivity contribution is 0.0554. The monoisotopic (exact) mass is 380 g/mol. The molecule has 1 rings (SSSR count). The van der Waals surface area contributed by atoms with Crippen molar-refractivity contribution in [3.8, 4) is 5.75 Å². The van der Waals surface area contributed by atoms with Gasteiger partial charge in [0.25, 0.3) is 0 Å². The summed E-state index contributed by atoms with van der Waals surface area (Å²) in [6.45, 7) is 3.43. The molecule has 0 aliphatic heterocycles. The van der Waals surface area contributed by atoms with E-state index in [0.717, 1.165) is 6.42 Å². The number of aliphatic hydroxyl groups is 1. The zero-order valence-corrected chi connectivity index (χ0v) is 14.7. The van der Waals surface area contributed by atoms with Crippen molar-refractivity contribution in [3.63, 3.8) is 0 Å². The normalized spacial score (nSPS) is 14.7. The Morgan fingerprint density at radius 3 is 2.62 bits per heavy atom. The Bertz CT molecular complexity index is 602. The van der Waals surface area contributed by atoms with Crippen LogP contribution >= 0.6 is 15.9 Å². The Labute approximate surface area is 133 Å². The molecule has 1 aromatic rings. The number of nitrogens with one attached hydrogen (secondary N) is 1. The van der Waals surface area contributed by atoms with Crippen LogP contribution in [0.25, 0.3) is 0 Å². The zero-order valence-electron chi connectivity index (χ0n) is 12.3. The van der Waals surface area contributed by atoms with Gasteiger partial charge in [-0.25, -0.2) is 13.1 Å². The molecule has 0 saturated heterocycles. The predicted octanol–water partition coefficient (Wildman–Crippen LogP) is 1.87. The fraction of sp³-hybridized carbons (Fsp3) is 0.538. The van der Waals surface area contributed by atoms with Crippen LogP contribution in [0.1, 0.15) is 26.7 Å². The lowest BCUT2D eigenvalue weighted by Gasteiger charge is -2.23. The van der Waals surface area contributed by atoms with Crippen LogP contribution < -0.4 is 15.2 Å². The van der Waals surface area contributed by atoms with Crippen LogP contribution in [-0.4, -0.2) is 32.8 Å². The first-order valence-electron chi connectivity index (χ1n) is 6.48. The lowest BCUT2D eigenvalue weighted by atomic mass is 10.0. The fourth-order valence-electron chi connectivity index (χ4n) is 1.88. The Balaban J connectivity index is 3.06. The third-order valence-electron chi connectivity index (χ3n) is 3.00. The van der Waals surface area contributed by atoms with Crippen molar-refractivity contribution in [1.29, 1.82) is 0 Å². The molecule has 0 amide bonds. The number of sulfonamides is 1. The molecule has 0 bridgehead atoms. The second kappa shape index (κ2) is 6.95. The summed E-state index contributed by atoms with van der Waals surface area (Å²) < 4.78 is 32.7. The molecule has 4 N–H and O–H groups in total. The molecular weight excluding hydrogens is 360 g/mol. The molecule has 120 valence electrons. The quantitative estimate of drug-likeness (QED) is 0.626. The van der Waals surface area contributed by atoms with E-state index in [0.29, 0.717) is 10.9 Å². The van der Waals surface area contributed by atoms with E-state index in [-0.39, 0.29) is 22.9 Å². The van der Waals surface area contributed by atoms with E-state index in [2.05, 4.69) is 20.7 Å². The first-order chi connectivity index (χ1) is 9.63. The van der Waals surface area contributed by atoms with E-state index < -0.39 is 15.6 Å². The minimum Gasteiger partial charge on any atom is -0.495 e. The van der Waals surface area contributed by atoms with Crippen LogP contribution in [0.15, 0.2) is 21.5 Å². The standard InChI is InChI=1S/C13H21BrN2O4S/c1-4-5-13(2,17)8-16-21(18,19)12-7-10(15)9(14)6-11(12)20-3/h6-7,16-17H,4-5,8,15H2,1-3H3. The largest absolute Gasteiger partial charge is 0.495 e. The molecule has 0 spiro atoms. The van der Waals surface area contributed by atoms with Gasteiger partial charge in [0.05, 0.1) is 12.7 Å². The number of nitrogen functional groups attached to an aromatic ring is 1. The molecular formula is C13H21BrN2O4S. The molecule has 0 saturated carbocycles. The van der Waals surface area contributed by atoms with Gasteiger partial charge in [-0.05, 0) is 41.4 Å². The van der Waals surface area contributed by atoms with Gasteiger partial charge >= 0.3 is 0 Å². The van der Waals surface area contributed by atoms with Crippen LogP contribution in [-0.2, 0) is 10.0 Å². The van der Waals surface area contributed by atoms with Crippen LogP contribution in [0.5, 0.6) is 5.75 Å². The van der Waals surface area contributed by atoms with Crippen molar-refractivity contribution >= 4 is 31.6 Å². The zero-order chi connectivity index (χ0) is 16.3. The topological polar surface area (TPSA) is 102 Å². The third-order valence-corrected chi connectivity index (χ3v) is 5.11. The molecule has 0 aliphatic carbocycles. The first-order valence-corrected chi connectivity index (χ1v) is 8.75. The Kier molecular flexibility index (Phi) is 6.03. The van der Waals surface area contributed by atoms with E-state index in [4.69, 9.17) is 10.5 Å². The van der Waals surface area contributed by atoms with Gasteiger partial charge in [-0.3, -0.25) is 0 Å². The number of hydrogen-bond acceptors (Lipinski definition) is 5. The summed E-state index contributed by atoms with van der Waals surface area (Å²) in [4.78, 5) is -0.0574. The van der Waals surface area contributed by atoms with Gasteiger partial charge in [0.15, 0.2) is 0 Å². The molecule has 0 aliphatic rings. The maximum absolute atomic E-state index is 12.4. The van der Waals surface area contributed by atoms with Crippen molar-refractivity contribution in [3.05, 3.63) is 16.6 Å². The van der Waals surface area contributed by atoms with Gasteiger partial charge in [-0.1, -0.05) is 13.3 Å². The molecule has 1 unspecified atom stereocenters. The number of benzene rings is 1. The Hall–Kier alpha value is -0.830. The number of anilines is 1. The van der Waals surface area contributed by atoms with E-state index in [1.165, 1.54) is 19.2 Å². The number of nitrogens with two attached hydrogens (primary N) is 1. The van der Waals surface area contributed by atoms with Crippen LogP contribution in [0.2, 0.25) is 0 Å². The highest BCUT2D eigenvalue weighted by Gasteiger charge is 2.26. The molecule has 21 heavy (non-hydrogen) atoms. The Morgan fingerprint density at radius 1 is 1.48 bits per heavy atom. The van der Waals surface area contributed by atoms with Crippen LogP contribution in [0, 0.1) is 0 Å². The molecule has 6 nitrogen and oxygen atoms in total. The highest BCUT2D eigenvalue weighted by Crippen LogP contribution is 2.32. The summed E-state index contributed by atoms with van der Waals surface area (Å²) in [6, 6.07) is 2.81. The number of halogens is 1. The highest BCUT2D eigenvalue weighted by molar-refractivity contribution is 9.10. The second-order valence-corrected chi connectivity index (χ2v) is 7.69. The minimum atomic E-state index is -3.83. The maximum atomic E-state index is 12.4. The summed E-state index contributed by atoms with van der Waals surface area (Å²) in [7, 11) is -2.45. The summed E-state index contributed by atoms with van der Waals surface area (Å²) in [5.74, 6) is 0.179. The van der Waals surface area contributed by atoms with E-state index in [9.17, 15) is 13.5 Å². The molecule has 0 heterocycles. The minimum absolute atomic E-state index is 0.0574. The van der Waals surface area contributed by atoms with Crippen molar-refractivity contribution in [2.75, 3.05) is 19.4 Å². The van der Waals surface area contributed by atoms with Gasteiger partial charge in [-0.2, -0.15) is 0 Å². The molecule has 1 atom stereocenters. The number of methoxy groups -OCH3 is 1. The van der Waals surface area contributed by atoms with E-state index in [1.807, 2.05) is 6.92 Å². The van der Waals surface area contributed by atoms with Crippen molar-refractivity contribution in [2.24, 2.45) is 0 Å². The molecule has 0 aromatic heterocycles. The van der Waals surface area contributed by atoms with Crippen molar-refractivity contribution < 1.29 is 18.3 Å². The number of hydrogen-bond donors (Lipinski definition) is 3. The molecule has 0 radical (unpaired) electrons. The number of ether oxygens (including phenoxy) is 1. The number of rotatable bonds is 7. The smallest absolute Gasteiger partial charge is 0.244 e. The predicted molar refractivity (Wildman–Crippen MR) is 85.8 cm³/mol. The summed E-state index contributed by atoms with van der Waals surface area (Å²) >= 11 is 3.22. The molecule has 1 aromatic carbocycles. The van der Waals surface area contributed by atoms with Crippen molar-refractivity contribution in [2.45, 2.75) is 37.2 Å².